The third-order valence-corrected chi connectivity index (χ3v) is 3.83. The summed E-state index contributed by atoms with van der Waals surface area (Å²) in [6.07, 6.45) is 5.48. The second-order valence-electron chi connectivity index (χ2n) is 5.47. The van der Waals surface area contributed by atoms with E-state index in [-0.39, 0.29) is 6.03 Å². The number of carbonyl (C=O) groups excluding carboxylic acids is 1. The lowest BCUT2D eigenvalue weighted by Crippen LogP contribution is -2.48. The van der Waals surface area contributed by atoms with Gasteiger partial charge in [-0.05, 0) is 30.8 Å². The van der Waals surface area contributed by atoms with Gasteiger partial charge in [0.15, 0.2) is 0 Å². The Balaban J connectivity index is 1.87. The Morgan fingerprint density at radius 3 is 2.89 bits per heavy atom. The molecule has 1 unspecified atom stereocenters. The quantitative estimate of drug-likeness (QED) is 0.705. The predicted octanol–water partition coefficient (Wildman–Crippen LogP) is 2.12. The molecule has 2 rings (SSSR count). The van der Waals surface area contributed by atoms with Gasteiger partial charge in [0.25, 0.3) is 0 Å². The third-order valence-electron chi connectivity index (χ3n) is 3.83. The number of amides is 2. The fraction of sp³-hybridized carbons (Fsp3) is 0.786. The molecule has 18 heavy (non-hydrogen) atoms. The van der Waals surface area contributed by atoms with Gasteiger partial charge in [0, 0.05) is 33.3 Å². The Labute approximate surface area is 110 Å². The van der Waals surface area contributed by atoms with Crippen molar-refractivity contribution < 1.29 is 9.53 Å². The van der Waals surface area contributed by atoms with Gasteiger partial charge in [-0.3, -0.25) is 0 Å². The highest BCUT2D eigenvalue weighted by Crippen LogP contribution is 2.19. The molecule has 0 aromatic carbocycles. The van der Waals surface area contributed by atoms with Crippen LogP contribution >= 0.6 is 0 Å². The molecule has 0 aromatic heterocycles. The minimum absolute atomic E-state index is 0.217. The number of methoxy groups -OCH3 is 1. The zero-order valence-corrected chi connectivity index (χ0v) is 11.5. The first kappa shape index (κ1) is 13.4. The van der Waals surface area contributed by atoms with E-state index in [1.165, 1.54) is 12.0 Å². The van der Waals surface area contributed by atoms with Crippen molar-refractivity contribution in [1.29, 1.82) is 0 Å². The molecule has 0 aromatic rings. The van der Waals surface area contributed by atoms with E-state index < -0.39 is 0 Å². The summed E-state index contributed by atoms with van der Waals surface area (Å²) in [7, 11) is 1.72. The lowest BCUT2D eigenvalue weighted by molar-refractivity contribution is 0.132. The van der Waals surface area contributed by atoms with Crippen molar-refractivity contribution in [2.75, 3.05) is 39.9 Å². The molecule has 2 aliphatic rings. The topological polar surface area (TPSA) is 32.8 Å². The summed E-state index contributed by atoms with van der Waals surface area (Å²) in [5.74, 6) is 0.645. The minimum atomic E-state index is 0.217. The van der Waals surface area contributed by atoms with Crippen molar-refractivity contribution >= 4 is 6.03 Å². The summed E-state index contributed by atoms with van der Waals surface area (Å²) in [5, 5.41) is 0. The van der Waals surface area contributed by atoms with Gasteiger partial charge < -0.3 is 14.5 Å². The van der Waals surface area contributed by atoms with E-state index in [1.807, 2.05) is 9.80 Å². The van der Waals surface area contributed by atoms with E-state index in [4.69, 9.17) is 4.74 Å². The number of piperidine rings is 1. The Morgan fingerprint density at radius 1 is 1.44 bits per heavy atom. The van der Waals surface area contributed by atoms with Crippen molar-refractivity contribution in [1.82, 2.24) is 9.80 Å². The highest BCUT2D eigenvalue weighted by Gasteiger charge is 2.26. The van der Waals surface area contributed by atoms with Gasteiger partial charge in [0.05, 0.1) is 6.61 Å². The molecule has 4 nitrogen and oxygen atoms in total. The van der Waals surface area contributed by atoms with E-state index >= 15 is 0 Å². The van der Waals surface area contributed by atoms with Gasteiger partial charge in [-0.1, -0.05) is 13.0 Å². The average molecular weight is 252 g/mol. The van der Waals surface area contributed by atoms with Crippen molar-refractivity contribution in [3.05, 3.63) is 11.6 Å². The molecule has 0 aliphatic carbocycles. The third kappa shape index (κ3) is 3.25. The Bertz CT molecular complexity index is 328. The van der Waals surface area contributed by atoms with Crippen LogP contribution in [0.3, 0.4) is 0 Å². The summed E-state index contributed by atoms with van der Waals surface area (Å²) < 4.78 is 5.13. The number of hydrogen-bond acceptors (Lipinski definition) is 2. The second kappa shape index (κ2) is 6.23. The maximum Gasteiger partial charge on any atom is 0.320 e. The predicted molar refractivity (Wildman–Crippen MR) is 71.5 cm³/mol. The molecule has 0 bridgehead atoms. The SMILES string of the molecule is COCC1=CCN(C(=O)N2CCCC(C)C2)CC1. The van der Waals surface area contributed by atoms with Crippen molar-refractivity contribution in [2.45, 2.75) is 26.2 Å². The summed E-state index contributed by atoms with van der Waals surface area (Å²) in [6, 6.07) is 0.217. The number of ether oxygens (including phenoxy) is 1. The smallest absolute Gasteiger partial charge is 0.320 e. The first-order valence-corrected chi connectivity index (χ1v) is 6.91. The van der Waals surface area contributed by atoms with Crippen LogP contribution in [0.1, 0.15) is 26.2 Å². The largest absolute Gasteiger partial charge is 0.380 e. The van der Waals surface area contributed by atoms with Crippen LogP contribution in [-0.2, 0) is 4.74 Å². The van der Waals surface area contributed by atoms with E-state index in [1.54, 1.807) is 7.11 Å². The molecule has 4 heteroatoms. The summed E-state index contributed by atoms with van der Waals surface area (Å²) in [6.45, 7) is 6.34. The molecular weight excluding hydrogens is 228 g/mol. The van der Waals surface area contributed by atoms with Crippen LogP contribution in [0.5, 0.6) is 0 Å². The number of urea groups is 1. The molecule has 1 fully saturated rings. The molecule has 1 saturated heterocycles. The number of likely N-dealkylation sites (tertiary alicyclic amines) is 1. The summed E-state index contributed by atoms with van der Waals surface area (Å²) >= 11 is 0. The van der Waals surface area contributed by atoms with Crippen LogP contribution in [0, 0.1) is 5.92 Å². The molecule has 1 atom stereocenters. The first-order chi connectivity index (χ1) is 8.70. The number of rotatable bonds is 2. The standard InChI is InChI=1S/C14H24N2O2/c1-12-4-3-7-16(10-12)14(17)15-8-5-13(6-9-15)11-18-2/h5,12H,3-4,6-11H2,1-2H3. The zero-order chi connectivity index (χ0) is 13.0. The maximum atomic E-state index is 12.4. The fourth-order valence-electron chi connectivity index (χ4n) is 2.76. The summed E-state index contributed by atoms with van der Waals surface area (Å²) in [5.41, 5.74) is 1.31. The zero-order valence-electron chi connectivity index (χ0n) is 11.5. The molecule has 0 saturated carbocycles. The van der Waals surface area contributed by atoms with Crippen molar-refractivity contribution in [2.24, 2.45) is 5.92 Å². The molecule has 0 radical (unpaired) electrons. The van der Waals surface area contributed by atoms with Gasteiger partial charge in [-0.15, -0.1) is 0 Å². The molecule has 102 valence electrons. The monoisotopic (exact) mass is 252 g/mol. The van der Waals surface area contributed by atoms with Crippen LogP contribution < -0.4 is 0 Å². The van der Waals surface area contributed by atoms with Gasteiger partial charge in [0.1, 0.15) is 0 Å². The molecule has 2 amide bonds. The lowest BCUT2D eigenvalue weighted by atomic mass is 10.0. The van der Waals surface area contributed by atoms with E-state index in [0.717, 1.165) is 39.0 Å². The Hall–Kier alpha value is -1.03. The van der Waals surface area contributed by atoms with E-state index in [0.29, 0.717) is 12.5 Å². The molecule has 2 heterocycles. The average Bonchev–Trinajstić information content (AvgIpc) is 2.39. The fourth-order valence-corrected chi connectivity index (χ4v) is 2.76. The molecule has 2 aliphatic heterocycles. The van der Waals surface area contributed by atoms with Crippen molar-refractivity contribution in [3.63, 3.8) is 0 Å². The van der Waals surface area contributed by atoms with Gasteiger partial charge in [-0.2, -0.15) is 0 Å². The van der Waals surface area contributed by atoms with Crippen LogP contribution in [0.15, 0.2) is 11.6 Å². The van der Waals surface area contributed by atoms with E-state index in [2.05, 4.69) is 13.0 Å². The highest BCUT2D eigenvalue weighted by molar-refractivity contribution is 5.75. The Kier molecular flexibility index (Phi) is 4.64. The van der Waals surface area contributed by atoms with Crippen molar-refractivity contribution in [3.8, 4) is 0 Å². The van der Waals surface area contributed by atoms with Crippen LogP contribution in [0.2, 0.25) is 0 Å². The summed E-state index contributed by atoms with van der Waals surface area (Å²) in [4.78, 5) is 16.3. The maximum absolute atomic E-state index is 12.4. The molecule has 0 N–H and O–H groups in total. The normalized spacial score (nSPS) is 25.0. The lowest BCUT2D eigenvalue weighted by Gasteiger charge is -2.36. The van der Waals surface area contributed by atoms with Crippen LogP contribution in [0.4, 0.5) is 4.79 Å². The van der Waals surface area contributed by atoms with E-state index in [9.17, 15) is 4.79 Å². The molecule has 0 spiro atoms. The van der Waals surface area contributed by atoms with Gasteiger partial charge >= 0.3 is 6.03 Å². The number of hydrogen-bond donors (Lipinski definition) is 0. The number of carbonyl (C=O) groups is 1. The first-order valence-electron chi connectivity index (χ1n) is 6.91. The minimum Gasteiger partial charge on any atom is -0.380 e. The van der Waals surface area contributed by atoms with Gasteiger partial charge in [0.2, 0.25) is 0 Å². The number of nitrogens with zero attached hydrogens (tertiary/aromatic N) is 2. The van der Waals surface area contributed by atoms with Crippen LogP contribution in [0.25, 0.3) is 0 Å². The highest BCUT2D eigenvalue weighted by atomic mass is 16.5. The molecular formula is C14H24N2O2. The van der Waals surface area contributed by atoms with Gasteiger partial charge in [-0.25, -0.2) is 4.79 Å². The van der Waals surface area contributed by atoms with Crippen LogP contribution in [-0.4, -0.2) is 55.7 Å². The Morgan fingerprint density at radius 2 is 2.28 bits per heavy atom. The second-order valence-corrected chi connectivity index (χ2v) is 5.47.